The van der Waals surface area contributed by atoms with Crippen molar-refractivity contribution >= 4 is 43.2 Å². The van der Waals surface area contributed by atoms with Gasteiger partial charge in [0.05, 0.1) is 9.37 Å². The molecule has 0 heterocycles. The Bertz CT molecular complexity index is 564. The summed E-state index contributed by atoms with van der Waals surface area (Å²) in [5.41, 5.74) is 6.03. The first-order valence-corrected chi connectivity index (χ1v) is 9.20. The number of nitrogens with two attached hydrogens (primary N) is 1. The van der Waals surface area contributed by atoms with Crippen LogP contribution in [0.4, 0.5) is 5.69 Å². The van der Waals surface area contributed by atoms with Crippen molar-refractivity contribution in [2.24, 2.45) is 0 Å². The molecule has 114 valence electrons. The van der Waals surface area contributed by atoms with Crippen LogP contribution in [0.1, 0.15) is 39.5 Å². The van der Waals surface area contributed by atoms with Gasteiger partial charge in [0.1, 0.15) is 0 Å². The molecule has 3 N–H and O–H groups in total. The van der Waals surface area contributed by atoms with Crippen LogP contribution in [0.5, 0.6) is 0 Å². The summed E-state index contributed by atoms with van der Waals surface area (Å²) in [7, 11) is -3.63. The van der Waals surface area contributed by atoms with Gasteiger partial charge >= 0.3 is 0 Å². The van der Waals surface area contributed by atoms with Crippen LogP contribution in [0.25, 0.3) is 0 Å². The van der Waals surface area contributed by atoms with E-state index < -0.39 is 10.0 Å². The van der Waals surface area contributed by atoms with Gasteiger partial charge in [-0.05, 0) is 41.4 Å². The van der Waals surface area contributed by atoms with Gasteiger partial charge in [-0.2, -0.15) is 0 Å². The quantitative estimate of drug-likeness (QED) is 0.553. The molecule has 0 aliphatic heterocycles. The Balaban J connectivity index is 2.89. The van der Waals surface area contributed by atoms with E-state index in [4.69, 9.17) is 17.3 Å². The summed E-state index contributed by atoms with van der Waals surface area (Å²) < 4.78 is 27.7. The summed E-state index contributed by atoms with van der Waals surface area (Å²) >= 11 is 9.08. The molecule has 0 fully saturated rings. The first-order chi connectivity index (χ1) is 9.27. The Morgan fingerprint density at radius 3 is 2.65 bits per heavy atom. The normalized spacial score (nSPS) is 13.4. The molecule has 0 aliphatic rings. The highest BCUT2D eigenvalue weighted by Gasteiger charge is 2.22. The van der Waals surface area contributed by atoms with Crippen LogP contribution in [0.3, 0.4) is 0 Å². The lowest BCUT2D eigenvalue weighted by molar-refractivity contribution is 0.527. The predicted molar refractivity (Wildman–Crippen MR) is 87.5 cm³/mol. The number of hydrogen-bond donors (Lipinski definition) is 2. The van der Waals surface area contributed by atoms with Crippen LogP contribution >= 0.6 is 27.5 Å². The largest absolute Gasteiger partial charge is 0.398 e. The van der Waals surface area contributed by atoms with E-state index in [1.54, 1.807) is 0 Å². The van der Waals surface area contributed by atoms with E-state index in [0.29, 0.717) is 15.2 Å². The zero-order valence-corrected chi connectivity index (χ0v) is 14.8. The van der Waals surface area contributed by atoms with Crippen molar-refractivity contribution in [3.63, 3.8) is 0 Å². The molecule has 1 atom stereocenters. The third kappa shape index (κ3) is 4.91. The second-order valence-corrected chi connectivity index (χ2v) is 7.74. The topological polar surface area (TPSA) is 72.2 Å². The highest BCUT2D eigenvalue weighted by atomic mass is 79.9. The molecule has 0 saturated carbocycles. The van der Waals surface area contributed by atoms with E-state index in [2.05, 4.69) is 27.6 Å². The average Bonchev–Trinajstić information content (AvgIpc) is 2.33. The molecule has 0 spiro atoms. The molecule has 1 aromatic rings. The summed E-state index contributed by atoms with van der Waals surface area (Å²) in [6.07, 6.45) is 4.01. The maximum atomic E-state index is 12.3. The molecule has 1 aromatic carbocycles. The molecule has 0 aromatic heterocycles. The number of hydrogen-bond acceptors (Lipinski definition) is 3. The van der Waals surface area contributed by atoms with Gasteiger partial charge < -0.3 is 5.73 Å². The van der Waals surface area contributed by atoms with E-state index in [1.165, 1.54) is 12.1 Å². The fraction of sp³-hybridized carbons (Fsp3) is 0.538. The van der Waals surface area contributed by atoms with Crippen molar-refractivity contribution in [3.05, 3.63) is 21.6 Å². The molecule has 0 aliphatic carbocycles. The molecule has 7 heteroatoms. The number of halogens is 2. The first-order valence-electron chi connectivity index (χ1n) is 6.54. The zero-order chi connectivity index (χ0) is 15.3. The lowest BCUT2D eigenvalue weighted by Gasteiger charge is -2.15. The summed E-state index contributed by atoms with van der Waals surface area (Å²) in [4.78, 5) is 0.0739. The van der Waals surface area contributed by atoms with Crippen molar-refractivity contribution in [2.45, 2.75) is 50.5 Å². The molecule has 4 nitrogen and oxygen atoms in total. The Morgan fingerprint density at radius 1 is 1.40 bits per heavy atom. The second-order valence-electron chi connectivity index (χ2n) is 4.83. The molecule has 0 saturated heterocycles. The van der Waals surface area contributed by atoms with Crippen molar-refractivity contribution in [2.75, 3.05) is 5.73 Å². The van der Waals surface area contributed by atoms with Gasteiger partial charge in [-0.3, -0.25) is 0 Å². The standard InChI is InChI=1S/C13H20BrClN2O2S/c1-3-4-5-6-9(2)17-20(18,19)12-8-10(15)7-11(16)13(12)14/h7-9,17H,3-6,16H2,1-2H3. The number of nitrogens with one attached hydrogen (secondary N) is 1. The molecule has 20 heavy (non-hydrogen) atoms. The predicted octanol–water partition coefficient (Wildman–Crippen LogP) is 3.93. The van der Waals surface area contributed by atoms with Crippen LogP contribution < -0.4 is 10.5 Å². The number of rotatable bonds is 7. The fourth-order valence-corrected chi connectivity index (χ4v) is 4.44. The Hall–Kier alpha value is -0.300. The van der Waals surface area contributed by atoms with E-state index in [9.17, 15) is 8.42 Å². The molecular weight excluding hydrogens is 364 g/mol. The van der Waals surface area contributed by atoms with Crippen molar-refractivity contribution in [3.8, 4) is 0 Å². The van der Waals surface area contributed by atoms with Crippen molar-refractivity contribution in [1.29, 1.82) is 0 Å². The molecule has 0 amide bonds. The SMILES string of the molecule is CCCCCC(C)NS(=O)(=O)c1cc(Cl)cc(N)c1Br. The second kappa shape index (κ2) is 7.64. The highest BCUT2D eigenvalue weighted by Crippen LogP contribution is 2.31. The number of nitrogen functional groups attached to an aromatic ring is 1. The molecule has 0 radical (unpaired) electrons. The summed E-state index contributed by atoms with van der Waals surface area (Å²) in [5.74, 6) is 0. The van der Waals surface area contributed by atoms with E-state index in [1.807, 2.05) is 6.92 Å². The Labute approximate surface area is 134 Å². The van der Waals surface area contributed by atoms with Crippen LogP contribution in [0.15, 0.2) is 21.5 Å². The summed E-state index contributed by atoms with van der Waals surface area (Å²) in [6.45, 7) is 3.97. The van der Waals surface area contributed by atoms with Crippen LogP contribution in [-0.4, -0.2) is 14.5 Å². The highest BCUT2D eigenvalue weighted by molar-refractivity contribution is 9.10. The maximum absolute atomic E-state index is 12.3. The minimum atomic E-state index is -3.63. The van der Waals surface area contributed by atoms with Gasteiger partial charge in [0.25, 0.3) is 0 Å². The third-order valence-electron chi connectivity index (χ3n) is 2.92. The maximum Gasteiger partial charge on any atom is 0.242 e. The first kappa shape index (κ1) is 17.8. The minimum absolute atomic E-state index is 0.0739. The number of anilines is 1. The molecular formula is C13H20BrClN2O2S. The van der Waals surface area contributed by atoms with Gasteiger partial charge in [-0.25, -0.2) is 13.1 Å². The zero-order valence-electron chi connectivity index (χ0n) is 11.6. The lowest BCUT2D eigenvalue weighted by atomic mass is 10.1. The van der Waals surface area contributed by atoms with Crippen LogP contribution in [0.2, 0.25) is 5.02 Å². The fourth-order valence-electron chi connectivity index (χ4n) is 1.87. The van der Waals surface area contributed by atoms with Crippen LogP contribution in [0, 0.1) is 0 Å². The van der Waals surface area contributed by atoms with Gasteiger partial charge in [0.2, 0.25) is 10.0 Å². The Kier molecular flexibility index (Phi) is 6.78. The monoisotopic (exact) mass is 382 g/mol. The molecule has 0 bridgehead atoms. The number of benzene rings is 1. The van der Waals surface area contributed by atoms with Crippen molar-refractivity contribution < 1.29 is 8.42 Å². The number of sulfonamides is 1. The smallest absolute Gasteiger partial charge is 0.242 e. The van der Waals surface area contributed by atoms with Crippen molar-refractivity contribution in [1.82, 2.24) is 4.72 Å². The van der Waals surface area contributed by atoms with Gasteiger partial charge in [0.15, 0.2) is 0 Å². The molecule has 1 rings (SSSR count). The summed E-state index contributed by atoms with van der Waals surface area (Å²) in [5, 5.41) is 0.296. The average molecular weight is 384 g/mol. The van der Waals surface area contributed by atoms with E-state index >= 15 is 0 Å². The Morgan fingerprint density at radius 2 is 2.05 bits per heavy atom. The van der Waals surface area contributed by atoms with E-state index in [0.717, 1.165) is 25.7 Å². The number of unbranched alkanes of at least 4 members (excludes halogenated alkanes) is 2. The van der Waals surface area contributed by atoms with Gasteiger partial charge in [0, 0.05) is 16.8 Å². The van der Waals surface area contributed by atoms with Crippen LogP contribution in [-0.2, 0) is 10.0 Å². The van der Waals surface area contributed by atoms with Gasteiger partial charge in [-0.1, -0.05) is 37.8 Å². The third-order valence-corrected chi connectivity index (χ3v) is 5.90. The summed E-state index contributed by atoms with van der Waals surface area (Å²) in [6, 6.07) is 2.77. The lowest BCUT2D eigenvalue weighted by Crippen LogP contribution is -2.32. The minimum Gasteiger partial charge on any atom is -0.398 e. The molecule has 1 unspecified atom stereocenters. The van der Waals surface area contributed by atoms with E-state index in [-0.39, 0.29) is 10.9 Å². The van der Waals surface area contributed by atoms with Gasteiger partial charge in [-0.15, -0.1) is 0 Å².